The molecule has 3 heteroatoms. The van der Waals surface area contributed by atoms with E-state index in [4.69, 9.17) is 5.73 Å². The highest BCUT2D eigenvalue weighted by atomic mass is 19.2. The molecule has 0 spiro atoms. The lowest BCUT2D eigenvalue weighted by Crippen LogP contribution is -2.14. The van der Waals surface area contributed by atoms with Gasteiger partial charge < -0.3 is 5.73 Å². The molecule has 1 rings (SSSR count). The monoisotopic (exact) mass is 199 g/mol. The van der Waals surface area contributed by atoms with Gasteiger partial charge in [0.1, 0.15) is 0 Å². The molecule has 0 saturated heterocycles. The van der Waals surface area contributed by atoms with E-state index in [9.17, 15) is 8.78 Å². The molecule has 0 aromatic heterocycles. The lowest BCUT2D eigenvalue weighted by atomic mass is 10.1. The van der Waals surface area contributed by atoms with E-state index in [-0.39, 0.29) is 6.04 Å². The highest BCUT2D eigenvalue weighted by Crippen LogP contribution is 2.11. The van der Waals surface area contributed by atoms with Crippen LogP contribution >= 0.6 is 0 Å². The second-order valence-corrected chi connectivity index (χ2v) is 3.62. The van der Waals surface area contributed by atoms with Gasteiger partial charge in [0.15, 0.2) is 11.6 Å². The Labute approximate surface area is 82.9 Å². The minimum absolute atomic E-state index is 0.167. The molecule has 0 aliphatic heterocycles. The summed E-state index contributed by atoms with van der Waals surface area (Å²) >= 11 is 0. The fraction of sp³-hybridized carbons (Fsp3) is 0.455. The van der Waals surface area contributed by atoms with Crippen molar-refractivity contribution in [3.63, 3.8) is 0 Å². The van der Waals surface area contributed by atoms with Crippen molar-refractivity contribution in [3.8, 4) is 0 Å². The van der Waals surface area contributed by atoms with Crippen LogP contribution in [-0.2, 0) is 6.42 Å². The van der Waals surface area contributed by atoms with Gasteiger partial charge in [-0.3, -0.25) is 0 Å². The van der Waals surface area contributed by atoms with Crippen LogP contribution in [0.5, 0.6) is 0 Å². The lowest BCUT2D eigenvalue weighted by molar-refractivity contribution is 0.506. The highest BCUT2D eigenvalue weighted by molar-refractivity contribution is 5.17. The van der Waals surface area contributed by atoms with E-state index >= 15 is 0 Å². The van der Waals surface area contributed by atoms with Crippen LogP contribution in [0.1, 0.15) is 25.3 Å². The summed E-state index contributed by atoms with van der Waals surface area (Å²) in [6.45, 7) is 1.94. The summed E-state index contributed by atoms with van der Waals surface area (Å²) in [6, 6.07) is 4.19. The van der Waals surface area contributed by atoms with E-state index in [0.29, 0.717) is 0 Å². The summed E-state index contributed by atoms with van der Waals surface area (Å²) in [7, 11) is 0. The van der Waals surface area contributed by atoms with Crippen LogP contribution in [0.15, 0.2) is 18.2 Å². The minimum Gasteiger partial charge on any atom is -0.328 e. The molecule has 14 heavy (non-hydrogen) atoms. The van der Waals surface area contributed by atoms with E-state index in [0.717, 1.165) is 30.9 Å². The van der Waals surface area contributed by atoms with Gasteiger partial charge in [0.2, 0.25) is 0 Å². The second-order valence-electron chi connectivity index (χ2n) is 3.62. The largest absolute Gasteiger partial charge is 0.328 e. The third-order valence-corrected chi connectivity index (χ3v) is 2.11. The van der Waals surface area contributed by atoms with E-state index in [1.165, 1.54) is 6.07 Å². The fourth-order valence-electron chi connectivity index (χ4n) is 1.32. The fourth-order valence-corrected chi connectivity index (χ4v) is 1.32. The van der Waals surface area contributed by atoms with E-state index in [2.05, 4.69) is 0 Å². The molecule has 0 bridgehead atoms. The lowest BCUT2D eigenvalue weighted by Gasteiger charge is -2.04. The third kappa shape index (κ3) is 3.42. The molecule has 0 aliphatic rings. The SMILES string of the molecule is CC(N)CCCc1ccc(F)c(F)c1. The number of halogens is 2. The molecular weight excluding hydrogens is 184 g/mol. The van der Waals surface area contributed by atoms with Gasteiger partial charge in [-0.2, -0.15) is 0 Å². The average molecular weight is 199 g/mol. The van der Waals surface area contributed by atoms with E-state index in [1.54, 1.807) is 6.07 Å². The third-order valence-electron chi connectivity index (χ3n) is 2.11. The van der Waals surface area contributed by atoms with Crippen LogP contribution in [0.2, 0.25) is 0 Å². The Balaban J connectivity index is 2.47. The normalized spacial score (nSPS) is 12.9. The Kier molecular flexibility index (Phi) is 4.01. The van der Waals surface area contributed by atoms with Crippen molar-refractivity contribution in [2.45, 2.75) is 32.2 Å². The number of rotatable bonds is 4. The van der Waals surface area contributed by atoms with Crippen molar-refractivity contribution >= 4 is 0 Å². The Morgan fingerprint density at radius 2 is 2.00 bits per heavy atom. The highest BCUT2D eigenvalue weighted by Gasteiger charge is 2.02. The summed E-state index contributed by atoms with van der Waals surface area (Å²) < 4.78 is 25.3. The molecule has 0 saturated carbocycles. The van der Waals surface area contributed by atoms with E-state index in [1.807, 2.05) is 6.92 Å². The van der Waals surface area contributed by atoms with Crippen LogP contribution in [0, 0.1) is 11.6 Å². The van der Waals surface area contributed by atoms with Crippen LogP contribution in [0.4, 0.5) is 8.78 Å². The maximum Gasteiger partial charge on any atom is 0.159 e. The van der Waals surface area contributed by atoms with E-state index < -0.39 is 11.6 Å². The van der Waals surface area contributed by atoms with Gasteiger partial charge in [-0.15, -0.1) is 0 Å². The molecule has 0 amide bonds. The Bertz CT molecular complexity index is 297. The molecular formula is C11H15F2N. The molecule has 0 aliphatic carbocycles. The summed E-state index contributed by atoms with van der Waals surface area (Å²) in [5.41, 5.74) is 6.40. The van der Waals surface area contributed by atoms with Crippen LogP contribution in [0.25, 0.3) is 0 Å². The molecule has 78 valence electrons. The molecule has 0 radical (unpaired) electrons. The number of hydrogen-bond donors (Lipinski definition) is 1. The molecule has 1 nitrogen and oxygen atoms in total. The number of aryl methyl sites for hydroxylation is 1. The Hall–Kier alpha value is -0.960. The standard InChI is InChI=1S/C11H15F2N/c1-8(14)3-2-4-9-5-6-10(12)11(13)7-9/h5-8H,2-4,14H2,1H3. The minimum atomic E-state index is -0.791. The summed E-state index contributed by atoms with van der Waals surface area (Å²) in [5, 5.41) is 0. The summed E-state index contributed by atoms with van der Waals surface area (Å²) in [4.78, 5) is 0. The Morgan fingerprint density at radius 3 is 2.57 bits per heavy atom. The maximum absolute atomic E-state index is 12.8. The maximum atomic E-state index is 12.8. The Morgan fingerprint density at radius 1 is 1.29 bits per heavy atom. The smallest absolute Gasteiger partial charge is 0.159 e. The first-order valence-corrected chi connectivity index (χ1v) is 4.79. The zero-order valence-electron chi connectivity index (χ0n) is 8.26. The van der Waals surface area contributed by atoms with Gasteiger partial charge in [0.05, 0.1) is 0 Å². The van der Waals surface area contributed by atoms with Gasteiger partial charge >= 0.3 is 0 Å². The number of benzene rings is 1. The van der Waals surface area contributed by atoms with Crippen molar-refractivity contribution < 1.29 is 8.78 Å². The van der Waals surface area contributed by atoms with Gasteiger partial charge in [-0.1, -0.05) is 6.07 Å². The molecule has 1 atom stereocenters. The summed E-state index contributed by atoms with van der Waals surface area (Å²) in [5.74, 6) is -1.57. The zero-order chi connectivity index (χ0) is 10.6. The first kappa shape index (κ1) is 11.1. The van der Waals surface area contributed by atoms with Gasteiger partial charge in [0, 0.05) is 6.04 Å². The van der Waals surface area contributed by atoms with Crippen LogP contribution in [0.3, 0.4) is 0 Å². The van der Waals surface area contributed by atoms with Crippen molar-refractivity contribution in [2.75, 3.05) is 0 Å². The van der Waals surface area contributed by atoms with Gasteiger partial charge in [0.25, 0.3) is 0 Å². The molecule has 1 aromatic carbocycles. The summed E-state index contributed by atoms with van der Waals surface area (Å²) in [6.07, 6.45) is 2.56. The van der Waals surface area contributed by atoms with Crippen molar-refractivity contribution in [3.05, 3.63) is 35.4 Å². The quantitative estimate of drug-likeness (QED) is 0.792. The van der Waals surface area contributed by atoms with Crippen molar-refractivity contribution in [1.82, 2.24) is 0 Å². The first-order chi connectivity index (χ1) is 6.59. The molecule has 0 heterocycles. The van der Waals surface area contributed by atoms with Crippen molar-refractivity contribution in [2.24, 2.45) is 5.73 Å². The van der Waals surface area contributed by atoms with Gasteiger partial charge in [-0.05, 0) is 43.9 Å². The predicted molar refractivity (Wildman–Crippen MR) is 52.9 cm³/mol. The van der Waals surface area contributed by atoms with Gasteiger partial charge in [-0.25, -0.2) is 8.78 Å². The average Bonchev–Trinajstić information content (AvgIpc) is 2.10. The predicted octanol–water partition coefficient (Wildman–Crippen LogP) is 2.63. The number of nitrogens with two attached hydrogens (primary N) is 1. The molecule has 0 fully saturated rings. The van der Waals surface area contributed by atoms with Crippen molar-refractivity contribution in [1.29, 1.82) is 0 Å². The molecule has 1 unspecified atom stereocenters. The first-order valence-electron chi connectivity index (χ1n) is 4.79. The second kappa shape index (κ2) is 5.05. The molecule has 2 N–H and O–H groups in total. The number of hydrogen-bond acceptors (Lipinski definition) is 1. The topological polar surface area (TPSA) is 26.0 Å². The van der Waals surface area contributed by atoms with Crippen LogP contribution < -0.4 is 5.73 Å². The molecule has 1 aromatic rings. The zero-order valence-corrected chi connectivity index (χ0v) is 8.26. The van der Waals surface area contributed by atoms with Crippen LogP contribution in [-0.4, -0.2) is 6.04 Å².